The van der Waals surface area contributed by atoms with Crippen LogP contribution in [-0.2, 0) is 14.3 Å². The fourth-order valence-electron chi connectivity index (χ4n) is 2.61. The van der Waals surface area contributed by atoms with Crippen LogP contribution in [0, 0.1) is 0 Å². The van der Waals surface area contributed by atoms with Gasteiger partial charge < -0.3 is 14.6 Å². The van der Waals surface area contributed by atoms with E-state index in [0.29, 0.717) is 38.3 Å². The Morgan fingerprint density at radius 1 is 1.06 bits per heavy atom. The zero-order valence-corrected chi connectivity index (χ0v) is 19.3. The summed E-state index contributed by atoms with van der Waals surface area (Å²) >= 11 is 24.3. The number of alkyl halides is 2. The lowest BCUT2D eigenvalue weighted by Crippen LogP contribution is -2.42. The van der Waals surface area contributed by atoms with Gasteiger partial charge in [0.05, 0.1) is 16.1 Å². The molecule has 162 valence electrons. The number of carbonyl (C=O) groups is 2. The van der Waals surface area contributed by atoms with E-state index in [1.54, 1.807) is 62.4 Å². The molecule has 6 nitrogen and oxygen atoms in total. The monoisotopic (exact) mass is 500 g/mol. The van der Waals surface area contributed by atoms with Gasteiger partial charge in [-0.2, -0.15) is 0 Å². The quantitative estimate of drug-likeness (QED) is 0.241. The molecule has 3 aromatic rings. The molecule has 1 heterocycles. The van der Waals surface area contributed by atoms with Gasteiger partial charge in [0, 0.05) is 22.9 Å². The van der Waals surface area contributed by atoms with E-state index in [1.807, 2.05) is 0 Å². The fourth-order valence-corrected chi connectivity index (χ4v) is 3.39. The number of aromatic nitrogens is 1. The van der Waals surface area contributed by atoms with Crippen LogP contribution in [0.2, 0.25) is 10.0 Å². The number of hydrogen-bond donors (Lipinski definition) is 1. The van der Waals surface area contributed by atoms with Crippen molar-refractivity contribution in [3.63, 3.8) is 0 Å². The number of halogens is 4. The largest absolute Gasteiger partial charge is 0.460 e. The summed E-state index contributed by atoms with van der Waals surface area (Å²) in [6, 6.07) is 13.4. The summed E-state index contributed by atoms with van der Waals surface area (Å²) < 4.78 is 7.94. The van der Waals surface area contributed by atoms with Crippen molar-refractivity contribution < 1.29 is 18.8 Å². The van der Waals surface area contributed by atoms with E-state index in [4.69, 9.17) is 55.7 Å². The van der Waals surface area contributed by atoms with Crippen LogP contribution in [0.4, 0.5) is 5.69 Å². The number of benzene rings is 2. The van der Waals surface area contributed by atoms with Crippen LogP contribution >= 0.6 is 46.4 Å². The number of rotatable bonds is 6. The number of ether oxygens (including phenoxy) is 1. The minimum absolute atomic E-state index is 0.333. The molecule has 0 saturated carbocycles. The van der Waals surface area contributed by atoms with Crippen molar-refractivity contribution >= 4 is 64.0 Å². The van der Waals surface area contributed by atoms with Crippen LogP contribution in [0.25, 0.3) is 22.6 Å². The third kappa shape index (κ3) is 5.33. The molecule has 0 spiro atoms. The number of esters is 1. The zero-order chi connectivity index (χ0) is 22.8. The molecule has 0 unspecified atom stereocenters. The molecule has 0 aliphatic carbocycles. The number of carbonyl (C=O) groups excluding carboxylic acids is 2. The zero-order valence-electron chi connectivity index (χ0n) is 16.3. The van der Waals surface area contributed by atoms with Crippen molar-refractivity contribution in [2.24, 2.45) is 0 Å². The number of amides is 1. The van der Waals surface area contributed by atoms with Crippen LogP contribution < -0.4 is 5.32 Å². The maximum atomic E-state index is 12.4. The number of nitrogens with one attached hydrogen (secondary N) is 1. The standard InChI is InChI=1S/C21H16Cl4N2O4/c1-11(2)30-20(29)21(24,25)19(28)26-13-6-3-5-12(9-13)17-10-16(27-31-17)18-14(22)7-4-8-15(18)23/h3-11H,1-2H3,(H,26,28). The Morgan fingerprint density at radius 3 is 2.35 bits per heavy atom. The van der Waals surface area contributed by atoms with Gasteiger partial charge in [0.15, 0.2) is 5.76 Å². The predicted molar refractivity (Wildman–Crippen MR) is 122 cm³/mol. The molecule has 0 aliphatic heterocycles. The SMILES string of the molecule is CC(C)OC(=O)C(Cl)(Cl)C(=O)Nc1cccc(-c2cc(-c3c(Cl)cccc3Cl)no2)c1. The van der Waals surface area contributed by atoms with Gasteiger partial charge in [-0.05, 0) is 38.1 Å². The predicted octanol–water partition coefficient (Wildman–Crippen LogP) is 6.38. The van der Waals surface area contributed by atoms with Gasteiger partial charge in [-0.3, -0.25) is 4.79 Å². The molecule has 0 bridgehead atoms. The van der Waals surface area contributed by atoms with Crippen molar-refractivity contribution in [1.29, 1.82) is 0 Å². The number of hydrogen-bond acceptors (Lipinski definition) is 5. The molecule has 10 heteroatoms. The summed E-state index contributed by atoms with van der Waals surface area (Å²) in [6.45, 7) is 3.23. The molecular formula is C21H16Cl4N2O4. The average Bonchev–Trinajstić information content (AvgIpc) is 3.17. The molecule has 0 fully saturated rings. The van der Waals surface area contributed by atoms with Gasteiger partial charge in [-0.1, -0.05) is 69.8 Å². The molecule has 1 N–H and O–H groups in total. The minimum Gasteiger partial charge on any atom is -0.460 e. The Morgan fingerprint density at radius 2 is 1.71 bits per heavy atom. The number of nitrogens with zero attached hydrogens (tertiary/aromatic N) is 1. The maximum absolute atomic E-state index is 12.4. The molecule has 0 atom stereocenters. The lowest BCUT2D eigenvalue weighted by atomic mass is 10.1. The van der Waals surface area contributed by atoms with Crippen LogP contribution in [-0.4, -0.2) is 27.5 Å². The summed E-state index contributed by atoms with van der Waals surface area (Å²) in [7, 11) is 0. The first-order valence-electron chi connectivity index (χ1n) is 9.01. The van der Waals surface area contributed by atoms with Crippen molar-refractivity contribution in [1.82, 2.24) is 5.16 Å². The van der Waals surface area contributed by atoms with E-state index in [0.717, 1.165) is 0 Å². The first-order chi connectivity index (χ1) is 14.6. The Labute approximate surface area is 198 Å². The third-order valence-electron chi connectivity index (χ3n) is 4.02. The third-order valence-corrected chi connectivity index (χ3v) is 5.30. The second-order valence-electron chi connectivity index (χ2n) is 6.74. The second-order valence-corrected chi connectivity index (χ2v) is 8.88. The van der Waals surface area contributed by atoms with Gasteiger partial charge in [0.2, 0.25) is 0 Å². The first-order valence-corrected chi connectivity index (χ1v) is 10.5. The van der Waals surface area contributed by atoms with E-state index in [2.05, 4.69) is 10.5 Å². The molecule has 31 heavy (non-hydrogen) atoms. The van der Waals surface area contributed by atoms with Crippen LogP contribution in [0.5, 0.6) is 0 Å². The Hall–Kier alpha value is -2.25. The van der Waals surface area contributed by atoms with E-state index in [9.17, 15) is 9.59 Å². The molecule has 1 amide bonds. The van der Waals surface area contributed by atoms with Crippen molar-refractivity contribution in [3.05, 3.63) is 58.6 Å². The lowest BCUT2D eigenvalue weighted by Gasteiger charge is -2.19. The highest BCUT2D eigenvalue weighted by Crippen LogP contribution is 2.36. The van der Waals surface area contributed by atoms with E-state index in [-0.39, 0.29) is 0 Å². The molecule has 3 rings (SSSR count). The summed E-state index contributed by atoms with van der Waals surface area (Å²) in [5.41, 5.74) is 1.93. The molecule has 0 radical (unpaired) electrons. The van der Waals surface area contributed by atoms with Crippen LogP contribution in [0.15, 0.2) is 53.1 Å². The summed E-state index contributed by atoms with van der Waals surface area (Å²) in [5.74, 6) is -1.60. The van der Waals surface area contributed by atoms with E-state index >= 15 is 0 Å². The van der Waals surface area contributed by atoms with Crippen molar-refractivity contribution in [2.75, 3.05) is 5.32 Å². The Balaban J connectivity index is 1.82. The van der Waals surface area contributed by atoms with Gasteiger partial charge in [-0.25, -0.2) is 4.79 Å². The highest BCUT2D eigenvalue weighted by atomic mass is 35.5. The number of anilines is 1. The smallest absolute Gasteiger partial charge is 0.352 e. The Bertz CT molecular complexity index is 1110. The summed E-state index contributed by atoms with van der Waals surface area (Å²) in [4.78, 5) is 24.4. The topological polar surface area (TPSA) is 81.4 Å². The molecule has 1 aromatic heterocycles. The van der Waals surface area contributed by atoms with E-state index in [1.165, 1.54) is 0 Å². The highest BCUT2D eigenvalue weighted by Gasteiger charge is 2.44. The molecule has 0 saturated heterocycles. The lowest BCUT2D eigenvalue weighted by molar-refractivity contribution is -0.150. The maximum Gasteiger partial charge on any atom is 0.352 e. The summed E-state index contributed by atoms with van der Waals surface area (Å²) in [6.07, 6.45) is -0.479. The molecular weight excluding hydrogens is 486 g/mol. The molecule has 0 aliphatic rings. The van der Waals surface area contributed by atoms with Gasteiger partial charge in [-0.15, -0.1) is 0 Å². The molecule has 2 aromatic carbocycles. The van der Waals surface area contributed by atoms with Gasteiger partial charge >= 0.3 is 5.97 Å². The van der Waals surface area contributed by atoms with E-state index < -0.39 is 22.3 Å². The van der Waals surface area contributed by atoms with Crippen molar-refractivity contribution in [3.8, 4) is 22.6 Å². The summed E-state index contributed by atoms with van der Waals surface area (Å²) in [5, 5.41) is 7.39. The van der Waals surface area contributed by atoms with Gasteiger partial charge in [0.25, 0.3) is 10.2 Å². The van der Waals surface area contributed by atoms with Gasteiger partial charge in [0.1, 0.15) is 5.69 Å². The van der Waals surface area contributed by atoms with Crippen molar-refractivity contribution in [2.45, 2.75) is 24.3 Å². The normalized spacial score (nSPS) is 11.5. The second kappa shape index (κ2) is 9.49. The fraction of sp³-hybridized carbons (Fsp3) is 0.190. The highest BCUT2D eigenvalue weighted by molar-refractivity contribution is 6.68. The minimum atomic E-state index is -2.40. The first kappa shape index (κ1) is 23.4. The Kier molecular flexibility index (Phi) is 7.17. The average molecular weight is 502 g/mol. The van der Waals surface area contributed by atoms with Crippen LogP contribution in [0.1, 0.15) is 13.8 Å². The van der Waals surface area contributed by atoms with Crippen LogP contribution in [0.3, 0.4) is 0 Å².